The van der Waals surface area contributed by atoms with Gasteiger partial charge in [-0.1, -0.05) is 84.9 Å². The Balaban J connectivity index is 1.29. The van der Waals surface area contributed by atoms with Gasteiger partial charge in [0, 0.05) is 13.0 Å². The second-order valence-electron chi connectivity index (χ2n) is 10.8. The van der Waals surface area contributed by atoms with E-state index in [0.29, 0.717) is 11.4 Å². The molecule has 45 heavy (non-hydrogen) atoms. The van der Waals surface area contributed by atoms with Crippen molar-refractivity contribution >= 4 is 41.1 Å². The number of rotatable bonds is 8. The van der Waals surface area contributed by atoms with E-state index in [9.17, 15) is 24.0 Å². The number of anilines is 2. The van der Waals surface area contributed by atoms with Crippen LogP contribution >= 0.6 is 0 Å². The summed E-state index contributed by atoms with van der Waals surface area (Å²) in [7, 11) is 0. The average molecular weight is 603 g/mol. The Bertz CT molecular complexity index is 1730. The normalized spacial score (nSPS) is 15.8. The number of nitrogens with one attached hydrogen (secondary N) is 1. The molecule has 4 aromatic rings. The summed E-state index contributed by atoms with van der Waals surface area (Å²) >= 11 is 0. The van der Waals surface area contributed by atoms with Gasteiger partial charge in [-0.25, -0.2) is 4.79 Å². The summed E-state index contributed by atoms with van der Waals surface area (Å²) in [6.07, 6.45) is -0.841. The fraction of sp³-hybridized carbons (Fsp3) is 0.171. The van der Waals surface area contributed by atoms with Crippen LogP contribution in [0, 0.1) is 0 Å². The maximum Gasteiger partial charge on any atom is 0.407 e. The number of hydrogen-bond acceptors (Lipinski definition) is 6. The van der Waals surface area contributed by atoms with Crippen LogP contribution in [0.4, 0.5) is 16.2 Å². The molecular formula is C35H30N4O6. The number of hydrogen-bond donors (Lipinski definition) is 1. The van der Waals surface area contributed by atoms with Crippen molar-refractivity contribution in [3.05, 3.63) is 131 Å². The number of para-hydroxylation sites is 2. The molecule has 0 bridgehead atoms. The number of nitrogens with zero attached hydrogens (tertiary/aromatic N) is 3. The van der Waals surface area contributed by atoms with Gasteiger partial charge in [0.25, 0.3) is 11.8 Å². The predicted molar refractivity (Wildman–Crippen MR) is 166 cm³/mol. The highest BCUT2D eigenvalue weighted by Gasteiger charge is 2.41. The number of benzene rings is 4. The zero-order chi connectivity index (χ0) is 31.3. The van der Waals surface area contributed by atoms with E-state index < -0.39 is 36.4 Å². The summed E-state index contributed by atoms with van der Waals surface area (Å²) in [5, 5.41) is 2.70. The number of imide groups is 1. The van der Waals surface area contributed by atoms with Gasteiger partial charge < -0.3 is 19.9 Å². The molecule has 0 saturated heterocycles. The lowest BCUT2D eigenvalue weighted by Crippen LogP contribution is -2.51. The van der Waals surface area contributed by atoms with E-state index in [1.54, 1.807) is 53.4 Å². The molecule has 226 valence electrons. The lowest BCUT2D eigenvalue weighted by Gasteiger charge is -2.31. The molecule has 6 rings (SSSR count). The maximum absolute atomic E-state index is 14.2. The number of alkyl carbamates (subject to hydrolysis) is 1. The minimum Gasteiger partial charge on any atom is -0.445 e. The molecule has 2 aliphatic rings. The first-order chi connectivity index (χ1) is 21.9. The van der Waals surface area contributed by atoms with Gasteiger partial charge in [0.1, 0.15) is 13.2 Å². The Kier molecular flexibility index (Phi) is 8.37. The summed E-state index contributed by atoms with van der Waals surface area (Å²) in [5.74, 6) is -1.96. The summed E-state index contributed by atoms with van der Waals surface area (Å²) in [6, 6.07) is 31.2. The van der Waals surface area contributed by atoms with Crippen molar-refractivity contribution in [3.63, 3.8) is 0 Å². The van der Waals surface area contributed by atoms with Crippen LogP contribution in [-0.4, -0.2) is 53.8 Å². The predicted octanol–water partition coefficient (Wildman–Crippen LogP) is 4.55. The van der Waals surface area contributed by atoms with Crippen LogP contribution in [0.3, 0.4) is 0 Å². The Morgan fingerprint density at radius 3 is 1.89 bits per heavy atom. The van der Waals surface area contributed by atoms with Crippen LogP contribution < -0.4 is 15.1 Å². The van der Waals surface area contributed by atoms with Crippen LogP contribution in [0.25, 0.3) is 0 Å². The molecule has 0 aromatic heterocycles. The van der Waals surface area contributed by atoms with Gasteiger partial charge in [-0.2, -0.15) is 0 Å². The summed E-state index contributed by atoms with van der Waals surface area (Å²) < 4.78 is 5.37. The van der Waals surface area contributed by atoms with Crippen LogP contribution in [0.2, 0.25) is 0 Å². The Hall–Kier alpha value is -5.77. The Labute approximate surface area is 259 Å². The van der Waals surface area contributed by atoms with Gasteiger partial charge in [0.2, 0.25) is 11.8 Å². The van der Waals surface area contributed by atoms with Crippen molar-refractivity contribution in [2.45, 2.75) is 25.6 Å². The van der Waals surface area contributed by atoms with Gasteiger partial charge in [-0.15, -0.1) is 0 Å². The van der Waals surface area contributed by atoms with Crippen molar-refractivity contribution in [1.82, 2.24) is 10.2 Å². The fourth-order valence-corrected chi connectivity index (χ4v) is 5.64. The number of carbonyl (C=O) groups is 5. The van der Waals surface area contributed by atoms with E-state index in [1.807, 2.05) is 60.7 Å². The monoisotopic (exact) mass is 602 g/mol. The van der Waals surface area contributed by atoms with Crippen molar-refractivity contribution < 1.29 is 28.7 Å². The third-order valence-corrected chi connectivity index (χ3v) is 7.83. The van der Waals surface area contributed by atoms with E-state index in [2.05, 4.69) is 5.32 Å². The summed E-state index contributed by atoms with van der Waals surface area (Å²) in [4.78, 5) is 70.9. The molecule has 2 aliphatic heterocycles. The zero-order valence-corrected chi connectivity index (χ0v) is 24.3. The van der Waals surface area contributed by atoms with Crippen molar-refractivity contribution in [2.24, 2.45) is 0 Å². The first-order valence-corrected chi connectivity index (χ1v) is 14.6. The first-order valence-electron chi connectivity index (χ1n) is 14.6. The zero-order valence-electron chi connectivity index (χ0n) is 24.3. The minimum atomic E-state index is -0.841. The number of carbonyl (C=O) groups excluding carboxylic acids is 5. The van der Waals surface area contributed by atoms with E-state index >= 15 is 0 Å². The first kappa shape index (κ1) is 29.3. The SMILES string of the molecule is O=C(NCC1CC(=O)N(Cc2ccccc2)c2ccccc2N1C(=O)CN1C(=O)c2ccccc2C1=O)OCc1ccccc1. The third-order valence-electron chi connectivity index (χ3n) is 7.83. The number of amides is 5. The molecule has 5 amide bonds. The van der Waals surface area contributed by atoms with Crippen LogP contribution in [0.5, 0.6) is 0 Å². The molecule has 0 radical (unpaired) electrons. The minimum absolute atomic E-state index is 0.0480. The molecule has 0 saturated carbocycles. The van der Waals surface area contributed by atoms with E-state index in [-0.39, 0.29) is 43.2 Å². The van der Waals surface area contributed by atoms with E-state index in [1.165, 1.54) is 4.90 Å². The smallest absolute Gasteiger partial charge is 0.407 e. The molecule has 10 heteroatoms. The van der Waals surface area contributed by atoms with Gasteiger partial charge in [0.15, 0.2) is 0 Å². The lowest BCUT2D eigenvalue weighted by molar-refractivity contribution is -0.120. The van der Waals surface area contributed by atoms with Crippen molar-refractivity contribution in [1.29, 1.82) is 0 Å². The van der Waals surface area contributed by atoms with Crippen molar-refractivity contribution in [3.8, 4) is 0 Å². The highest BCUT2D eigenvalue weighted by atomic mass is 16.5. The van der Waals surface area contributed by atoms with Gasteiger partial charge >= 0.3 is 6.09 Å². The Morgan fingerprint density at radius 1 is 0.689 bits per heavy atom. The van der Waals surface area contributed by atoms with Gasteiger partial charge in [-0.05, 0) is 35.4 Å². The molecule has 4 aromatic carbocycles. The van der Waals surface area contributed by atoms with E-state index in [0.717, 1.165) is 16.0 Å². The summed E-state index contributed by atoms with van der Waals surface area (Å²) in [6.45, 7) is -0.341. The van der Waals surface area contributed by atoms with Crippen LogP contribution in [0.1, 0.15) is 38.3 Å². The highest BCUT2D eigenvalue weighted by molar-refractivity contribution is 6.23. The molecule has 2 heterocycles. The quantitative estimate of drug-likeness (QED) is 0.296. The summed E-state index contributed by atoms with van der Waals surface area (Å²) in [5.41, 5.74) is 3.08. The van der Waals surface area contributed by atoms with Gasteiger partial charge in [0.05, 0.1) is 35.1 Å². The van der Waals surface area contributed by atoms with Crippen LogP contribution in [0.15, 0.2) is 109 Å². The topological polar surface area (TPSA) is 116 Å². The second-order valence-corrected chi connectivity index (χ2v) is 10.8. The average Bonchev–Trinajstić information content (AvgIpc) is 3.23. The number of ether oxygens (including phenoxy) is 1. The van der Waals surface area contributed by atoms with Gasteiger partial charge in [-0.3, -0.25) is 24.1 Å². The maximum atomic E-state index is 14.2. The molecule has 0 fully saturated rings. The van der Waals surface area contributed by atoms with E-state index in [4.69, 9.17) is 4.74 Å². The molecule has 1 N–H and O–H groups in total. The fourth-order valence-electron chi connectivity index (χ4n) is 5.64. The molecule has 0 spiro atoms. The molecule has 10 nitrogen and oxygen atoms in total. The molecule has 1 atom stereocenters. The lowest BCUT2D eigenvalue weighted by atomic mass is 10.1. The third kappa shape index (κ3) is 6.16. The molecule has 1 unspecified atom stereocenters. The Morgan fingerprint density at radius 2 is 1.24 bits per heavy atom. The standard InChI is InChI=1S/C35H30N4O6/c40-31-19-26(20-36-35(44)45-23-25-13-5-2-6-14-25)39(32(41)22-38-33(42)27-15-7-8-16-28(27)34(38)43)30-18-10-9-17-29(30)37(31)21-24-11-3-1-4-12-24/h1-18,26H,19-23H2,(H,36,44). The van der Waals surface area contributed by atoms with Crippen LogP contribution in [-0.2, 0) is 27.5 Å². The second kappa shape index (κ2) is 12.8. The number of fused-ring (bicyclic) bond motifs is 2. The molecular weight excluding hydrogens is 572 g/mol. The van der Waals surface area contributed by atoms with Crippen molar-refractivity contribution in [2.75, 3.05) is 22.9 Å². The molecule has 0 aliphatic carbocycles. The highest BCUT2D eigenvalue weighted by Crippen LogP contribution is 2.36. The largest absolute Gasteiger partial charge is 0.445 e.